The second kappa shape index (κ2) is 40.5. The third-order valence-electron chi connectivity index (χ3n) is 15.6. The fourth-order valence-corrected chi connectivity index (χ4v) is 12.1. The molecule has 5 heterocycles. The lowest BCUT2D eigenvalue weighted by Crippen LogP contribution is -2.73. The van der Waals surface area contributed by atoms with E-state index in [0.717, 1.165) is 118 Å². The van der Waals surface area contributed by atoms with E-state index in [1.807, 2.05) is 0 Å². The summed E-state index contributed by atoms with van der Waals surface area (Å²) >= 11 is 0. The first-order valence-corrected chi connectivity index (χ1v) is 33.2. The molecule has 5 amide bonds. The van der Waals surface area contributed by atoms with E-state index in [2.05, 4.69) is 26.6 Å². The van der Waals surface area contributed by atoms with Gasteiger partial charge in [-0.2, -0.15) is 0 Å². The van der Waals surface area contributed by atoms with Crippen LogP contribution >= 0.6 is 0 Å². The van der Waals surface area contributed by atoms with Crippen LogP contribution in [0.15, 0.2) is 0 Å². The maximum absolute atomic E-state index is 13.7. The van der Waals surface area contributed by atoms with Crippen LogP contribution in [-0.2, 0) is 181 Å². The molecule has 43 nitrogen and oxygen atoms in total. The van der Waals surface area contributed by atoms with Gasteiger partial charge in [0, 0.05) is 118 Å². The highest BCUT2D eigenvalue weighted by Crippen LogP contribution is 2.40. The number of carbonyl (C=O) groups excluding carboxylic acids is 17. The summed E-state index contributed by atoms with van der Waals surface area (Å²) in [5.74, 6) is -16.6. The Bertz CT molecular complexity index is 3260. The second-order valence-electron chi connectivity index (χ2n) is 24.8. The van der Waals surface area contributed by atoms with Gasteiger partial charge in [0.2, 0.25) is 35.8 Å². The zero-order valence-corrected chi connectivity index (χ0v) is 61.5. The molecular weight excluding hydrogens is 1450 g/mol. The van der Waals surface area contributed by atoms with Crippen molar-refractivity contribution < 1.29 is 181 Å². The van der Waals surface area contributed by atoms with E-state index in [0.29, 0.717) is 0 Å². The topological polar surface area (TPSA) is 544 Å². The molecular formula is C64H91N5O38. The number of amides is 5. The van der Waals surface area contributed by atoms with Crippen molar-refractivity contribution in [3.8, 4) is 0 Å². The lowest BCUT2D eigenvalue weighted by atomic mass is 9.92. The highest BCUT2D eigenvalue weighted by molar-refractivity contribution is 5.77. The highest BCUT2D eigenvalue weighted by Gasteiger charge is 2.62. The number of esters is 12. The van der Waals surface area contributed by atoms with E-state index in [4.69, 9.17) is 99.5 Å². The van der Waals surface area contributed by atoms with Crippen LogP contribution in [0.3, 0.4) is 0 Å². The van der Waals surface area contributed by atoms with E-state index < -0.39 is 287 Å². The van der Waals surface area contributed by atoms with Crippen molar-refractivity contribution in [1.82, 2.24) is 26.6 Å². The summed E-state index contributed by atoms with van der Waals surface area (Å²) in [4.78, 5) is 222. The fourth-order valence-electron chi connectivity index (χ4n) is 12.1. The Hall–Kier alpha value is -9.37. The highest BCUT2D eigenvalue weighted by atomic mass is 16.8. The fraction of sp³-hybridized carbons (Fsp3) is 0.734. The summed E-state index contributed by atoms with van der Waals surface area (Å²) in [6.07, 6.45) is -38.3. The molecule has 43 heteroatoms. The number of rotatable bonds is 30. The molecule has 5 aliphatic rings. The number of hydrogen-bond acceptors (Lipinski definition) is 38. The standard InChI is InChI=1S/C64H91N5O38/c1-23(70)65-45-56(94-35(13)82)51(41(19-88-29(7)76)99-60(45)98-39(17)86)104-62-47(67-25(3)72)58(96-37(15)84)53(43(101-62)21-90-31(9)78)106-64-49(69-27(5)74)59(97-38(16)85)54(44(103-64)22-91-32(10)79)107-63-48(68-26(4)73)57(95-36(14)83)52(42(102-63)20-89-30(8)77)105-61-46(66-24(2)71)55(93-34(12)81)50(92-33(11)80)40(100-61)18-87-28(6)75/h40-64H,18-22H2,1-17H3,(H,65,70)(H,66,71)(H,67,72)(H,68,73)(H,69,74)/t40-,41-,42+,43+,44-,45-,46-,47+,48+,49-,50-,51-,52+,53+,54-,55-,56-,57+,58+,59-,60-,61+,62-,63-,64+/m1/s1. The van der Waals surface area contributed by atoms with Crippen LogP contribution < -0.4 is 26.6 Å². The first-order chi connectivity index (χ1) is 50.0. The minimum absolute atomic E-state index is 0.742. The average molecular weight is 1540 g/mol. The monoisotopic (exact) mass is 1540 g/mol. The van der Waals surface area contributed by atoms with Crippen LogP contribution in [0.25, 0.3) is 0 Å². The normalized spacial score (nSPS) is 32.3. The van der Waals surface area contributed by atoms with Gasteiger partial charge in [-0.05, 0) is 0 Å². The molecule has 25 atom stereocenters. The molecule has 0 spiro atoms. The summed E-state index contributed by atoms with van der Waals surface area (Å²) in [7, 11) is 0. The van der Waals surface area contributed by atoms with Gasteiger partial charge < -0.3 is 126 Å². The van der Waals surface area contributed by atoms with E-state index in [-0.39, 0.29) is 0 Å². The molecule has 0 unspecified atom stereocenters. The van der Waals surface area contributed by atoms with Crippen molar-refractivity contribution >= 4 is 101 Å². The molecule has 5 aliphatic heterocycles. The summed E-state index contributed by atoms with van der Waals surface area (Å²) < 4.78 is 126. The van der Waals surface area contributed by atoms with Crippen LogP contribution in [0.1, 0.15) is 118 Å². The van der Waals surface area contributed by atoms with Crippen LogP contribution in [0.5, 0.6) is 0 Å². The Morgan fingerprint density at radius 1 is 0.206 bits per heavy atom. The smallest absolute Gasteiger partial charge is 0.305 e. The molecule has 5 rings (SSSR count). The van der Waals surface area contributed by atoms with Crippen molar-refractivity contribution in [2.24, 2.45) is 0 Å². The quantitative estimate of drug-likeness (QED) is 0.0335. The number of carbonyl (C=O) groups is 17. The number of nitrogens with one attached hydrogen (secondary N) is 5. The molecule has 0 bridgehead atoms. The van der Waals surface area contributed by atoms with Gasteiger partial charge in [0.15, 0.2) is 61.8 Å². The maximum Gasteiger partial charge on any atom is 0.305 e. The molecule has 107 heavy (non-hydrogen) atoms. The lowest BCUT2D eigenvalue weighted by molar-refractivity contribution is -0.368. The molecule has 0 radical (unpaired) electrons. The first kappa shape index (κ1) is 88.3. The molecule has 0 aromatic rings. The van der Waals surface area contributed by atoms with Crippen LogP contribution in [0.2, 0.25) is 0 Å². The van der Waals surface area contributed by atoms with Crippen molar-refractivity contribution in [3.63, 3.8) is 0 Å². The van der Waals surface area contributed by atoms with Crippen LogP contribution in [0, 0.1) is 0 Å². The summed E-state index contributed by atoms with van der Waals surface area (Å²) in [6, 6.07) is -9.15. The molecule has 600 valence electrons. The van der Waals surface area contributed by atoms with E-state index in [9.17, 15) is 81.5 Å². The minimum Gasteiger partial charge on any atom is -0.463 e. The van der Waals surface area contributed by atoms with Crippen molar-refractivity contribution in [2.45, 2.75) is 271 Å². The van der Waals surface area contributed by atoms with E-state index in [1.54, 1.807) is 0 Å². The average Bonchev–Trinajstić information content (AvgIpc) is 0.762. The molecule has 0 saturated carbocycles. The van der Waals surface area contributed by atoms with E-state index >= 15 is 0 Å². The molecule has 0 aromatic heterocycles. The Morgan fingerprint density at radius 2 is 0.364 bits per heavy atom. The Kier molecular flexibility index (Phi) is 33.4. The maximum atomic E-state index is 13.7. The second-order valence-corrected chi connectivity index (χ2v) is 24.8. The van der Waals surface area contributed by atoms with Crippen molar-refractivity contribution in [1.29, 1.82) is 0 Å². The third kappa shape index (κ3) is 26.8. The molecule has 5 saturated heterocycles. The van der Waals surface area contributed by atoms with Crippen molar-refractivity contribution in [2.75, 3.05) is 33.0 Å². The number of ether oxygens (including phenoxy) is 21. The van der Waals surface area contributed by atoms with Gasteiger partial charge in [0.25, 0.3) is 0 Å². The van der Waals surface area contributed by atoms with Gasteiger partial charge in [-0.25, -0.2) is 0 Å². The summed E-state index contributed by atoms with van der Waals surface area (Å²) in [5, 5.41) is 12.6. The lowest BCUT2D eigenvalue weighted by Gasteiger charge is -2.52. The molecule has 0 aromatic carbocycles. The molecule has 5 fully saturated rings. The summed E-state index contributed by atoms with van der Waals surface area (Å²) in [5.41, 5.74) is 0. The zero-order valence-electron chi connectivity index (χ0n) is 61.5. The van der Waals surface area contributed by atoms with Gasteiger partial charge in [0.1, 0.15) is 118 Å². The molecule has 5 N–H and O–H groups in total. The first-order valence-electron chi connectivity index (χ1n) is 33.2. The van der Waals surface area contributed by atoms with Gasteiger partial charge in [-0.15, -0.1) is 0 Å². The molecule has 0 aliphatic carbocycles. The zero-order chi connectivity index (χ0) is 80.2. The van der Waals surface area contributed by atoms with E-state index in [1.165, 1.54) is 0 Å². The summed E-state index contributed by atoms with van der Waals surface area (Å²) in [6.45, 7) is 12.3. The third-order valence-corrected chi connectivity index (χ3v) is 15.6. The largest absolute Gasteiger partial charge is 0.463 e. The van der Waals surface area contributed by atoms with Gasteiger partial charge in [0.05, 0.1) is 0 Å². The number of hydrogen-bond donors (Lipinski definition) is 5. The minimum atomic E-state index is -2.18. The van der Waals surface area contributed by atoms with Gasteiger partial charge in [-0.1, -0.05) is 0 Å². The van der Waals surface area contributed by atoms with Gasteiger partial charge >= 0.3 is 71.6 Å². The Balaban J connectivity index is 1.74. The van der Waals surface area contributed by atoms with Crippen LogP contribution in [-0.4, -0.2) is 287 Å². The van der Waals surface area contributed by atoms with Crippen LogP contribution in [0.4, 0.5) is 0 Å². The Morgan fingerprint density at radius 3 is 0.542 bits per heavy atom. The Labute approximate surface area is 611 Å². The predicted molar refractivity (Wildman–Crippen MR) is 339 cm³/mol. The van der Waals surface area contributed by atoms with Crippen molar-refractivity contribution in [3.05, 3.63) is 0 Å². The SMILES string of the molecule is CC(=O)N[C@@H]1[C@@H](O[C@H]2[C@H](OC(C)=O)[C@@H](NC(C)=O)[C@H](O[C@@H]3[C@@H](OC(C)=O)[C@H](NC(C)=O)[C@@H](O[C@H]4[C@H](OC(C)=O)[C@@H](NC(C)=O)[C@H](OC(C)=O)O[C@@H]4COC(C)=O)O[C@H]3COC(C)=O)O[C@@H]2COC(C)=O)O[C@@H](COC(C)=O)[C@H](O[C@@H]2O[C@H](COC(C)=O)[C@@H](OC(C)=O)[C@H](OC(C)=O)[C@H]2NC(C)=O)[C@H]1OC(C)=O. The predicted octanol–water partition coefficient (Wildman–Crippen LogP) is -4.36. The van der Waals surface area contributed by atoms with Gasteiger partial charge in [-0.3, -0.25) is 81.5 Å².